The molecular weight excluding hydrogens is 183 g/mol. The van der Waals surface area contributed by atoms with Crippen molar-refractivity contribution in [1.29, 1.82) is 5.26 Å². The second-order valence-corrected chi connectivity index (χ2v) is 2.69. The number of hydrogen-bond donors (Lipinski definition) is 1. The highest BCUT2D eigenvalue weighted by Crippen LogP contribution is 2.09. The molecule has 1 N–H and O–H groups in total. The van der Waals surface area contributed by atoms with Gasteiger partial charge in [-0.25, -0.2) is 4.39 Å². The van der Waals surface area contributed by atoms with E-state index < -0.39 is 11.7 Å². The standard InChI is InChI=1S/C10H8FN2O/c1-7(14)13-6-9-3-2-8(5-12)4-10(9)11/h2-4H,1,6H2,(H,13,14). The molecule has 14 heavy (non-hydrogen) atoms. The molecule has 1 aromatic carbocycles. The van der Waals surface area contributed by atoms with Crippen LogP contribution in [0.1, 0.15) is 11.1 Å². The van der Waals surface area contributed by atoms with E-state index in [1.165, 1.54) is 12.1 Å². The minimum Gasteiger partial charge on any atom is -0.352 e. The molecule has 1 aromatic rings. The number of rotatable bonds is 2. The molecular formula is C10H8FN2O. The third-order valence-corrected chi connectivity index (χ3v) is 1.66. The maximum Gasteiger partial charge on any atom is 0.220 e. The molecule has 4 heteroatoms. The number of halogens is 1. The van der Waals surface area contributed by atoms with Crippen LogP contribution in [0.25, 0.3) is 0 Å². The lowest BCUT2D eigenvalue weighted by Gasteiger charge is -2.03. The molecule has 0 bridgehead atoms. The highest BCUT2D eigenvalue weighted by molar-refractivity contribution is 5.79. The molecule has 3 nitrogen and oxygen atoms in total. The number of benzene rings is 1. The molecule has 0 heterocycles. The number of carbonyl (C=O) groups excluding carboxylic acids is 1. The summed E-state index contributed by atoms with van der Waals surface area (Å²) in [6.45, 7) is 3.18. The number of hydrogen-bond acceptors (Lipinski definition) is 2. The summed E-state index contributed by atoms with van der Waals surface area (Å²) in [7, 11) is 0. The van der Waals surface area contributed by atoms with Gasteiger partial charge in [-0.1, -0.05) is 6.07 Å². The van der Waals surface area contributed by atoms with E-state index in [9.17, 15) is 9.18 Å². The van der Waals surface area contributed by atoms with Crippen molar-refractivity contribution in [1.82, 2.24) is 5.32 Å². The minimum absolute atomic E-state index is 0.0832. The van der Waals surface area contributed by atoms with Crippen LogP contribution < -0.4 is 5.32 Å². The molecule has 0 aromatic heterocycles. The monoisotopic (exact) mass is 191 g/mol. The summed E-state index contributed by atoms with van der Waals surface area (Å²) in [6.07, 6.45) is 0. The zero-order valence-electron chi connectivity index (χ0n) is 7.38. The fraction of sp³-hybridized carbons (Fsp3) is 0.100. The molecule has 0 unspecified atom stereocenters. The molecule has 71 valence electrons. The lowest BCUT2D eigenvalue weighted by Crippen LogP contribution is -2.19. The SMILES string of the molecule is [CH2]C(=O)NCc1ccc(C#N)cc1F. The molecule has 0 atom stereocenters. The Balaban J connectivity index is 2.80. The summed E-state index contributed by atoms with van der Waals surface area (Å²) in [6, 6.07) is 5.91. The maximum absolute atomic E-state index is 13.2. The molecule has 0 saturated heterocycles. The molecule has 1 rings (SSSR count). The van der Waals surface area contributed by atoms with Crippen LogP contribution in [-0.4, -0.2) is 5.91 Å². The Kier molecular flexibility index (Phi) is 3.19. The maximum atomic E-state index is 13.2. The van der Waals surface area contributed by atoms with E-state index in [1.807, 2.05) is 6.07 Å². The molecule has 0 aliphatic rings. The van der Waals surface area contributed by atoms with Crippen molar-refractivity contribution in [2.45, 2.75) is 6.54 Å². The van der Waals surface area contributed by atoms with Crippen molar-refractivity contribution in [2.75, 3.05) is 0 Å². The topological polar surface area (TPSA) is 52.9 Å². The zero-order valence-corrected chi connectivity index (χ0v) is 7.38. The van der Waals surface area contributed by atoms with Gasteiger partial charge in [0.25, 0.3) is 0 Å². The summed E-state index contributed by atoms with van der Waals surface area (Å²) in [5, 5.41) is 10.8. The van der Waals surface area contributed by atoms with Gasteiger partial charge in [0.1, 0.15) is 5.82 Å². The summed E-state index contributed by atoms with van der Waals surface area (Å²) in [4.78, 5) is 10.5. The van der Waals surface area contributed by atoms with Crippen molar-refractivity contribution in [2.24, 2.45) is 0 Å². The first kappa shape index (κ1) is 10.2. The van der Waals surface area contributed by atoms with Crippen molar-refractivity contribution < 1.29 is 9.18 Å². The predicted octanol–water partition coefficient (Wildman–Crippen LogP) is 1.15. The Morgan fingerprint density at radius 1 is 1.64 bits per heavy atom. The Morgan fingerprint density at radius 2 is 2.36 bits per heavy atom. The van der Waals surface area contributed by atoms with Gasteiger partial charge in [-0.15, -0.1) is 0 Å². The first-order valence-corrected chi connectivity index (χ1v) is 3.92. The molecule has 1 radical (unpaired) electrons. The fourth-order valence-corrected chi connectivity index (χ4v) is 0.954. The molecule has 0 fully saturated rings. The van der Waals surface area contributed by atoms with Crippen LogP contribution in [0.4, 0.5) is 4.39 Å². The van der Waals surface area contributed by atoms with Crippen LogP contribution in [0.3, 0.4) is 0 Å². The van der Waals surface area contributed by atoms with E-state index in [2.05, 4.69) is 12.2 Å². The Bertz CT molecular complexity index is 396. The fourth-order valence-electron chi connectivity index (χ4n) is 0.954. The van der Waals surface area contributed by atoms with Gasteiger partial charge < -0.3 is 5.32 Å². The van der Waals surface area contributed by atoms with Crippen molar-refractivity contribution in [3.63, 3.8) is 0 Å². The van der Waals surface area contributed by atoms with E-state index >= 15 is 0 Å². The van der Waals surface area contributed by atoms with Crippen molar-refractivity contribution in [3.05, 3.63) is 42.1 Å². The number of nitrogens with one attached hydrogen (secondary N) is 1. The average molecular weight is 191 g/mol. The molecule has 1 amide bonds. The summed E-state index contributed by atoms with van der Waals surface area (Å²) in [5.41, 5.74) is 0.591. The smallest absolute Gasteiger partial charge is 0.220 e. The third-order valence-electron chi connectivity index (χ3n) is 1.66. The Labute approximate surface area is 81.2 Å². The van der Waals surface area contributed by atoms with Crippen LogP contribution in [-0.2, 0) is 11.3 Å². The van der Waals surface area contributed by atoms with Crippen molar-refractivity contribution >= 4 is 5.91 Å². The largest absolute Gasteiger partial charge is 0.352 e. The Morgan fingerprint density at radius 3 is 2.86 bits per heavy atom. The van der Waals surface area contributed by atoms with E-state index in [1.54, 1.807) is 0 Å². The number of nitrogens with zero attached hydrogens (tertiary/aromatic N) is 1. The summed E-state index contributed by atoms with van der Waals surface area (Å²) >= 11 is 0. The van der Waals surface area contributed by atoms with Gasteiger partial charge in [0, 0.05) is 19.0 Å². The second-order valence-electron chi connectivity index (χ2n) is 2.69. The van der Waals surface area contributed by atoms with Crippen LogP contribution >= 0.6 is 0 Å². The number of nitriles is 1. The first-order chi connectivity index (χ1) is 6.63. The van der Waals surface area contributed by atoms with Crippen LogP contribution in [0.2, 0.25) is 0 Å². The van der Waals surface area contributed by atoms with Crippen LogP contribution in [0.15, 0.2) is 18.2 Å². The van der Waals surface area contributed by atoms with E-state index in [0.717, 1.165) is 6.07 Å². The van der Waals surface area contributed by atoms with Gasteiger partial charge >= 0.3 is 0 Å². The number of carbonyl (C=O) groups is 1. The quantitative estimate of drug-likeness (QED) is 0.762. The average Bonchev–Trinajstić information content (AvgIpc) is 2.15. The van der Waals surface area contributed by atoms with Gasteiger partial charge in [-0.3, -0.25) is 4.79 Å². The molecule has 0 spiro atoms. The van der Waals surface area contributed by atoms with Gasteiger partial charge in [0.15, 0.2) is 0 Å². The highest BCUT2D eigenvalue weighted by atomic mass is 19.1. The lowest BCUT2D eigenvalue weighted by atomic mass is 10.1. The van der Waals surface area contributed by atoms with Gasteiger partial charge in [0.2, 0.25) is 5.91 Å². The van der Waals surface area contributed by atoms with E-state index in [4.69, 9.17) is 5.26 Å². The predicted molar refractivity (Wildman–Crippen MR) is 48.3 cm³/mol. The minimum atomic E-state index is -0.502. The summed E-state index contributed by atoms with van der Waals surface area (Å²) in [5.74, 6) is -0.966. The van der Waals surface area contributed by atoms with Crippen molar-refractivity contribution in [3.8, 4) is 6.07 Å². The molecule has 0 aliphatic carbocycles. The van der Waals surface area contributed by atoms with Crippen LogP contribution in [0, 0.1) is 24.1 Å². The second kappa shape index (κ2) is 4.38. The van der Waals surface area contributed by atoms with Gasteiger partial charge in [-0.05, 0) is 12.1 Å². The van der Waals surface area contributed by atoms with E-state index in [-0.39, 0.29) is 12.1 Å². The van der Waals surface area contributed by atoms with Crippen LogP contribution in [0.5, 0.6) is 0 Å². The third kappa shape index (κ3) is 2.56. The van der Waals surface area contributed by atoms with Gasteiger partial charge in [-0.2, -0.15) is 5.26 Å². The summed E-state index contributed by atoms with van der Waals surface area (Å²) < 4.78 is 13.2. The highest BCUT2D eigenvalue weighted by Gasteiger charge is 2.03. The zero-order chi connectivity index (χ0) is 10.6. The first-order valence-electron chi connectivity index (χ1n) is 3.92. The normalized spacial score (nSPS) is 9.21. The number of amides is 1. The lowest BCUT2D eigenvalue weighted by molar-refractivity contribution is -0.116. The van der Waals surface area contributed by atoms with E-state index in [0.29, 0.717) is 5.56 Å². The molecule has 0 aliphatic heterocycles. The van der Waals surface area contributed by atoms with Gasteiger partial charge in [0.05, 0.1) is 11.6 Å². The molecule has 0 saturated carbocycles. The Hall–Kier alpha value is -1.89.